The lowest BCUT2D eigenvalue weighted by Crippen LogP contribution is -2.27. The Kier molecular flexibility index (Phi) is 32.8. The SMILES string of the molecule is CC(C)c1cccc(C(C)C)c1-c1c(C(C)C)c(-c2ccccc2)cc(-c2cccc(-c3cc(-c4ccccc4)c(C(C)C)c(-c4c(C(C)C)cccc4C(C)C)c3C(C)C)[c]2[Al][CH]2C=C[CH]([Al][c]3c(-c4cc(-c5ccccc5)c(C(C)C)c(-c5c(C(C)C)cccc5C(C)C)c4C(C)C)cccc3-c3cc(-c4ccccc4)c(C(C)C)c(-c4c(C(C)C)cccc4C(C)C)c3C(C)C)C=C2)c1C(C)C. The van der Waals surface area contributed by atoms with Crippen LogP contribution in [0.25, 0.3) is 134 Å². The predicted octanol–water partition coefficient (Wildman–Crippen LogP) is 40.7. The summed E-state index contributed by atoms with van der Waals surface area (Å²) in [4.78, 5) is 0. The maximum absolute atomic E-state index is 2.73. The van der Waals surface area contributed by atoms with E-state index in [1.54, 1.807) is 0 Å². The zero-order valence-electron chi connectivity index (χ0n) is 91.1. The highest BCUT2D eigenvalue weighted by Crippen LogP contribution is 2.58. The molecule has 718 valence electrons. The lowest BCUT2D eigenvalue weighted by atomic mass is 9.72. The molecule has 0 fully saturated rings. The van der Waals surface area contributed by atoms with Gasteiger partial charge in [-0.15, -0.1) is 8.85 Å². The Morgan fingerprint density at radius 3 is 0.443 bits per heavy atom. The first kappa shape index (κ1) is 104. The van der Waals surface area contributed by atoms with Crippen molar-refractivity contribution in [2.24, 2.45) is 0 Å². The van der Waals surface area contributed by atoms with Gasteiger partial charge < -0.3 is 0 Å². The number of rotatable bonds is 32. The molecule has 0 amide bonds. The van der Waals surface area contributed by atoms with Gasteiger partial charge in [-0.05, 0) is 341 Å². The van der Waals surface area contributed by atoms with Crippen LogP contribution in [0.5, 0.6) is 0 Å². The summed E-state index contributed by atoms with van der Waals surface area (Å²) in [6.07, 6.45) is 10.9. The fraction of sp³-hybridized carbons (Fsp3) is 0.362. The van der Waals surface area contributed by atoms with Crippen molar-refractivity contribution in [3.8, 4) is 134 Å². The normalized spacial score (nSPS) is 13.7. The van der Waals surface area contributed by atoms with Crippen LogP contribution in [0, 0.1) is 0 Å². The van der Waals surface area contributed by atoms with E-state index >= 15 is 0 Å². The van der Waals surface area contributed by atoms with Gasteiger partial charge in [0.2, 0.25) is 0 Å². The quantitative estimate of drug-likeness (QED) is 0.0291. The molecule has 0 N–H and O–H groups in total. The van der Waals surface area contributed by atoms with Gasteiger partial charge in [-0.1, -0.05) is 486 Å². The summed E-state index contributed by atoms with van der Waals surface area (Å²) in [7, 11) is 0. The Morgan fingerprint density at radius 2 is 0.293 bits per heavy atom. The smallest absolute Gasteiger partial charge is 0.108 e. The van der Waals surface area contributed by atoms with Crippen molar-refractivity contribution in [2.45, 2.75) is 326 Å². The van der Waals surface area contributed by atoms with E-state index in [0.717, 1.165) is 0 Å². The second kappa shape index (κ2) is 44.2. The van der Waals surface area contributed by atoms with Gasteiger partial charge in [-0.2, -0.15) is 0 Å². The minimum Gasteiger partial charge on any atom is -0.108 e. The van der Waals surface area contributed by atoms with Gasteiger partial charge in [0.05, 0.1) is 0 Å². The zero-order chi connectivity index (χ0) is 101. The van der Waals surface area contributed by atoms with Gasteiger partial charge in [0.15, 0.2) is 0 Å². The lowest BCUT2D eigenvalue weighted by Gasteiger charge is -2.33. The summed E-state index contributed by atoms with van der Waals surface area (Å²) >= 11 is -1.04. The molecule has 0 nitrogen and oxygen atoms in total. The van der Waals surface area contributed by atoms with Crippen molar-refractivity contribution in [2.75, 3.05) is 0 Å². The molecule has 0 spiro atoms. The molecule has 15 rings (SSSR count). The number of hydrogen-bond acceptors (Lipinski definition) is 0. The van der Waals surface area contributed by atoms with Crippen LogP contribution in [0.15, 0.2) is 279 Å². The van der Waals surface area contributed by atoms with E-state index in [1.165, 1.54) is 231 Å². The molecule has 0 atom stereocenters. The Hall–Kier alpha value is -10.4. The lowest BCUT2D eigenvalue weighted by molar-refractivity contribution is 0.819. The van der Waals surface area contributed by atoms with Gasteiger partial charge in [0.1, 0.15) is 0 Å². The monoisotopic (exact) mass is 1870 g/mol. The Bertz CT molecular complexity index is 5920. The second-order valence-electron chi connectivity index (χ2n) is 45.7. The maximum atomic E-state index is 2.73. The van der Waals surface area contributed by atoms with Crippen molar-refractivity contribution < 1.29 is 0 Å². The van der Waals surface area contributed by atoms with Crippen LogP contribution in [0.3, 0.4) is 0 Å². The molecule has 1 aliphatic carbocycles. The van der Waals surface area contributed by atoms with Gasteiger partial charge in [-0.25, -0.2) is 0 Å². The zero-order valence-corrected chi connectivity index (χ0v) is 93.4. The molecule has 2 heteroatoms. The summed E-state index contributed by atoms with van der Waals surface area (Å²) in [5.41, 5.74) is 55.7. The second-order valence-corrected chi connectivity index (χ2v) is 49.0. The van der Waals surface area contributed by atoms with E-state index in [4.69, 9.17) is 0 Å². The van der Waals surface area contributed by atoms with Gasteiger partial charge in [-0.3, -0.25) is 0 Å². The Labute approximate surface area is 859 Å². The molecule has 1 aliphatic rings. The predicted molar refractivity (Wildman–Crippen MR) is 620 cm³/mol. The third-order valence-electron chi connectivity index (χ3n) is 30.3. The first-order chi connectivity index (χ1) is 66.8. The van der Waals surface area contributed by atoms with E-state index in [2.05, 4.69) is 501 Å². The molecule has 0 bridgehead atoms. The first-order valence-corrected chi connectivity index (χ1v) is 56.2. The van der Waals surface area contributed by atoms with Gasteiger partial charge in [0.25, 0.3) is 30.4 Å². The molecule has 2 radical (unpaired) electrons. The molecule has 0 aromatic heterocycles. The van der Waals surface area contributed by atoms with Crippen LogP contribution in [-0.4, -0.2) is 30.4 Å². The van der Waals surface area contributed by atoms with Crippen molar-refractivity contribution >= 4 is 39.3 Å². The van der Waals surface area contributed by atoms with E-state index < -0.39 is 30.4 Å². The molecule has 14 aromatic rings. The molecule has 0 aliphatic heterocycles. The van der Waals surface area contributed by atoms with Crippen molar-refractivity contribution in [1.82, 2.24) is 0 Å². The molecule has 0 heterocycles. The summed E-state index contributed by atoms with van der Waals surface area (Å²) in [5, 5.41) is 0. The Morgan fingerprint density at radius 1 is 0.143 bits per heavy atom. The molecule has 14 aromatic carbocycles. The van der Waals surface area contributed by atoms with E-state index in [-0.39, 0.29) is 104 Å². The minimum absolute atomic E-state index is 0.117. The number of hydrogen-bond donors (Lipinski definition) is 0. The highest BCUT2D eigenvalue weighted by Gasteiger charge is 2.38. The standard InChI is InChI=1S/2C66H77.C6H6.2Al/c2*1-39(2)51-32-24-33-52(40(3)4)63(51)65-59(43(9)10)55(47-26-19-17-20-27-47)37-57(61(65)45(13)14)49-30-23-31-50(36-49)58-38-56(48-28-21-18-22-29-48)60(44(11)12)66(62(58)46(15)16)64-53(41(5)6)34-25-35-54(64)42(7)8;1-2-4-6-5-3-1;;/h2*17-35,37-46H,1-16H3;1-6H;;. The first-order valence-electron chi connectivity index (χ1n) is 53.8. The molecule has 0 saturated carbocycles. The number of benzene rings is 14. The van der Waals surface area contributed by atoms with E-state index in [9.17, 15) is 0 Å². The fourth-order valence-electron chi connectivity index (χ4n) is 24.1. The van der Waals surface area contributed by atoms with E-state index in [0.29, 0.717) is 0 Å². The summed E-state index contributed by atoms with van der Waals surface area (Å²) in [6, 6.07) is 101. The van der Waals surface area contributed by atoms with E-state index in [1.807, 2.05) is 0 Å². The van der Waals surface area contributed by atoms with Gasteiger partial charge >= 0.3 is 0 Å². The average Bonchev–Trinajstić information content (AvgIpc) is 0.720. The minimum atomic E-state index is -0.518. The van der Waals surface area contributed by atoms with Crippen LogP contribution < -0.4 is 8.85 Å². The molecular weight excluding hydrogens is 1710 g/mol. The molecule has 140 heavy (non-hydrogen) atoms. The average molecular weight is 1870 g/mol. The van der Waals surface area contributed by atoms with Crippen LogP contribution >= 0.6 is 0 Å². The molecule has 0 unspecified atom stereocenters. The van der Waals surface area contributed by atoms with Crippen molar-refractivity contribution in [3.63, 3.8) is 0 Å². The summed E-state index contributed by atoms with van der Waals surface area (Å²) < 4.78 is 3.19. The Balaban J connectivity index is 1.07. The number of allylic oxidation sites excluding steroid dienone is 4. The highest BCUT2D eigenvalue weighted by atomic mass is 27.1. The van der Waals surface area contributed by atoms with Crippen LogP contribution in [0.4, 0.5) is 0 Å². The van der Waals surface area contributed by atoms with Crippen molar-refractivity contribution in [1.29, 1.82) is 0 Å². The topological polar surface area (TPSA) is 0 Å². The molecule has 0 saturated heterocycles. The van der Waals surface area contributed by atoms with Crippen molar-refractivity contribution in [3.05, 3.63) is 368 Å². The largest absolute Gasteiger partial charge is 0.269 e. The fourth-order valence-corrected chi connectivity index (χ4v) is 27.5. The third kappa shape index (κ3) is 20.5. The molecular formula is C138H160Al2. The third-order valence-corrected chi connectivity index (χ3v) is 33.9. The summed E-state index contributed by atoms with van der Waals surface area (Å²) in [6.45, 7) is 78.6. The van der Waals surface area contributed by atoms with Crippen LogP contribution in [0.1, 0.15) is 405 Å². The maximum Gasteiger partial charge on any atom is 0.269 e. The van der Waals surface area contributed by atoms with Gasteiger partial charge in [0, 0.05) is 0 Å². The summed E-state index contributed by atoms with van der Waals surface area (Å²) in [5.74, 6) is 3.74. The highest BCUT2D eigenvalue weighted by molar-refractivity contribution is 6.62. The van der Waals surface area contributed by atoms with Crippen LogP contribution in [0.2, 0.25) is 9.56 Å². The van der Waals surface area contributed by atoms with Crippen LogP contribution in [-0.2, 0) is 0 Å².